The van der Waals surface area contributed by atoms with Crippen LogP contribution < -0.4 is 0 Å². The van der Waals surface area contributed by atoms with E-state index in [1.807, 2.05) is 24.4 Å². The van der Waals surface area contributed by atoms with Crippen LogP contribution >= 0.6 is 0 Å². The van der Waals surface area contributed by atoms with E-state index < -0.39 is 0 Å². The van der Waals surface area contributed by atoms with E-state index in [0.717, 1.165) is 5.70 Å². The molecule has 0 amide bonds. The monoisotopic (exact) mass is 148 g/mol. The van der Waals surface area contributed by atoms with E-state index in [2.05, 4.69) is 5.10 Å². The van der Waals surface area contributed by atoms with E-state index in [1.54, 1.807) is 17.1 Å². The summed E-state index contributed by atoms with van der Waals surface area (Å²) in [4.78, 5) is 0. The number of ether oxygens (including phenoxy) is 1. The molecule has 3 heteroatoms. The molecule has 3 nitrogen and oxygen atoms in total. The van der Waals surface area contributed by atoms with E-state index in [9.17, 15) is 0 Å². The lowest BCUT2D eigenvalue weighted by atomic mass is 10.3. The number of allylic oxidation sites excluding steroid dienone is 2. The molecule has 0 saturated heterocycles. The van der Waals surface area contributed by atoms with Crippen LogP contribution in [0, 0.1) is 0 Å². The quantitative estimate of drug-likeness (QED) is 0.599. The van der Waals surface area contributed by atoms with Crippen LogP contribution in [0.15, 0.2) is 36.9 Å². The van der Waals surface area contributed by atoms with E-state index in [4.69, 9.17) is 4.74 Å². The first-order valence-electron chi connectivity index (χ1n) is 3.45. The van der Waals surface area contributed by atoms with Crippen molar-refractivity contribution in [1.82, 2.24) is 9.78 Å². The first-order chi connectivity index (χ1) is 5.47. The average Bonchev–Trinajstić information content (AvgIpc) is 2.58. The molecule has 1 aromatic rings. The maximum absolute atomic E-state index is 5.00. The Kier molecular flexibility index (Phi) is 1.48. The van der Waals surface area contributed by atoms with E-state index in [-0.39, 0.29) is 0 Å². The van der Waals surface area contributed by atoms with Crippen LogP contribution in [0.4, 0.5) is 0 Å². The second-order valence-electron chi connectivity index (χ2n) is 2.22. The number of rotatable bonds is 1. The fourth-order valence-corrected chi connectivity index (χ4v) is 0.966. The first kappa shape index (κ1) is 6.22. The van der Waals surface area contributed by atoms with Crippen molar-refractivity contribution in [2.45, 2.75) is 0 Å². The third-order valence-corrected chi connectivity index (χ3v) is 1.49. The molecule has 2 heterocycles. The van der Waals surface area contributed by atoms with Crippen LogP contribution in [-0.2, 0) is 4.74 Å². The molecule has 0 aliphatic carbocycles. The highest BCUT2D eigenvalue weighted by atomic mass is 16.5. The van der Waals surface area contributed by atoms with Gasteiger partial charge in [-0.1, -0.05) is 0 Å². The Bertz CT molecular complexity index is 285. The van der Waals surface area contributed by atoms with Crippen molar-refractivity contribution < 1.29 is 4.74 Å². The molecule has 0 bridgehead atoms. The molecule has 1 aliphatic rings. The van der Waals surface area contributed by atoms with Crippen LogP contribution in [0.3, 0.4) is 0 Å². The number of nitrogens with zero attached hydrogens (tertiary/aromatic N) is 2. The largest absolute Gasteiger partial charge is 0.497 e. The van der Waals surface area contributed by atoms with Crippen LogP contribution in [0.5, 0.6) is 0 Å². The summed E-state index contributed by atoms with van der Waals surface area (Å²) in [5, 5.41) is 4.08. The van der Waals surface area contributed by atoms with Crippen LogP contribution in [0.25, 0.3) is 5.70 Å². The van der Waals surface area contributed by atoms with Crippen molar-refractivity contribution in [2.24, 2.45) is 0 Å². The molecule has 1 aliphatic heterocycles. The summed E-state index contributed by atoms with van der Waals surface area (Å²) in [6.07, 6.45) is 9.20. The highest BCUT2D eigenvalue weighted by Gasteiger charge is 1.98. The molecule has 2 rings (SSSR count). The third kappa shape index (κ3) is 1.17. The van der Waals surface area contributed by atoms with Crippen molar-refractivity contribution in [3.05, 3.63) is 36.9 Å². The van der Waals surface area contributed by atoms with Gasteiger partial charge < -0.3 is 4.74 Å². The van der Waals surface area contributed by atoms with Gasteiger partial charge in [-0.15, -0.1) is 0 Å². The summed E-state index contributed by atoms with van der Waals surface area (Å²) < 4.78 is 6.80. The van der Waals surface area contributed by atoms with E-state index in [0.29, 0.717) is 6.61 Å². The van der Waals surface area contributed by atoms with Gasteiger partial charge in [0.05, 0.1) is 12.0 Å². The van der Waals surface area contributed by atoms with Gasteiger partial charge in [-0.3, -0.25) is 0 Å². The highest BCUT2D eigenvalue weighted by Crippen LogP contribution is 2.07. The minimum absolute atomic E-state index is 0.631. The average molecular weight is 148 g/mol. The molecule has 0 atom stereocenters. The summed E-state index contributed by atoms with van der Waals surface area (Å²) in [6, 6.07) is 1.89. The number of hydrogen-bond acceptors (Lipinski definition) is 2. The molecule has 0 N–H and O–H groups in total. The minimum Gasteiger partial charge on any atom is -0.497 e. The Balaban J connectivity index is 2.29. The molecular formula is C8H8N2O. The van der Waals surface area contributed by atoms with Crippen LogP contribution in [0.2, 0.25) is 0 Å². The number of hydrogen-bond donors (Lipinski definition) is 0. The zero-order valence-corrected chi connectivity index (χ0v) is 5.97. The molecule has 0 aromatic carbocycles. The van der Waals surface area contributed by atoms with Crippen molar-refractivity contribution in [1.29, 1.82) is 0 Å². The van der Waals surface area contributed by atoms with Gasteiger partial charge in [0.15, 0.2) is 0 Å². The zero-order valence-electron chi connectivity index (χ0n) is 5.97. The minimum atomic E-state index is 0.631. The van der Waals surface area contributed by atoms with E-state index in [1.165, 1.54) is 0 Å². The van der Waals surface area contributed by atoms with Gasteiger partial charge in [0.25, 0.3) is 0 Å². The maximum Gasteiger partial charge on any atom is 0.108 e. The molecular weight excluding hydrogens is 140 g/mol. The van der Waals surface area contributed by atoms with Gasteiger partial charge in [0.1, 0.15) is 6.61 Å². The van der Waals surface area contributed by atoms with Gasteiger partial charge in [0.2, 0.25) is 0 Å². The smallest absolute Gasteiger partial charge is 0.108 e. The lowest BCUT2D eigenvalue weighted by molar-refractivity contribution is 0.286. The van der Waals surface area contributed by atoms with Crippen molar-refractivity contribution in [3.63, 3.8) is 0 Å². The fraction of sp³-hybridized carbons (Fsp3) is 0.125. The molecule has 0 radical (unpaired) electrons. The normalized spacial score (nSPS) is 15.8. The summed E-state index contributed by atoms with van der Waals surface area (Å²) in [6.45, 7) is 0.631. The van der Waals surface area contributed by atoms with Crippen molar-refractivity contribution >= 4 is 5.70 Å². The van der Waals surface area contributed by atoms with Gasteiger partial charge in [-0.25, -0.2) is 4.68 Å². The van der Waals surface area contributed by atoms with E-state index >= 15 is 0 Å². The second kappa shape index (κ2) is 2.62. The van der Waals surface area contributed by atoms with Crippen LogP contribution in [-0.4, -0.2) is 16.4 Å². The Morgan fingerprint density at radius 3 is 3.18 bits per heavy atom. The summed E-state index contributed by atoms with van der Waals surface area (Å²) >= 11 is 0. The second-order valence-corrected chi connectivity index (χ2v) is 2.22. The Hall–Kier alpha value is -1.51. The Morgan fingerprint density at radius 2 is 2.55 bits per heavy atom. The first-order valence-corrected chi connectivity index (χ1v) is 3.45. The predicted molar refractivity (Wildman–Crippen MR) is 41.6 cm³/mol. The van der Waals surface area contributed by atoms with Crippen LogP contribution in [0.1, 0.15) is 0 Å². The maximum atomic E-state index is 5.00. The predicted octanol–water partition coefficient (Wildman–Crippen LogP) is 1.27. The van der Waals surface area contributed by atoms with Crippen molar-refractivity contribution in [2.75, 3.05) is 6.61 Å². The lowest BCUT2D eigenvalue weighted by Crippen LogP contribution is -2.00. The molecule has 11 heavy (non-hydrogen) atoms. The molecule has 0 spiro atoms. The molecule has 0 fully saturated rings. The summed E-state index contributed by atoms with van der Waals surface area (Å²) in [7, 11) is 0. The standard InChI is InChI=1S/C8H8N2O/c1-4-9-10(5-1)8-2-6-11-7-3-8/h1-6H,7H2. The topological polar surface area (TPSA) is 27.1 Å². The Morgan fingerprint density at radius 1 is 1.55 bits per heavy atom. The third-order valence-electron chi connectivity index (χ3n) is 1.49. The zero-order chi connectivity index (χ0) is 7.52. The lowest BCUT2D eigenvalue weighted by Gasteiger charge is -2.06. The van der Waals surface area contributed by atoms with Gasteiger partial charge in [0, 0.05) is 12.4 Å². The molecule has 1 aromatic heterocycles. The number of aromatic nitrogens is 2. The highest BCUT2D eigenvalue weighted by molar-refractivity contribution is 5.56. The fourth-order valence-electron chi connectivity index (χ4n) is 0.966. The summed E-state index contributed by atoms with van der Waals surface area (Å²) in [5.74, 6) is 0. The summed E-state index contributed by atoms with van der Waals surface area (Å²) in [5.41, 5.74) is 1.06. The van der Waals surface area contributed by atoms with Crippen molar-refractivity contribution in [3.8, 4) is 0 Å². The van der Waals surface area contributed by atoms with Gasteiger partial charge >= 0.3 is 0 Å². The van der Waals surface area contributed by atoms with Gasteiger partial charge in [-0.05, 0) is 18.2 Å². The molecule has 0 unspecified atom stereocenters. The molecule has 0 saturated carbocycles. The van der Waals surface area contributed by atoms with Gasteiger partial charge in [-0.2, -0.15) is 5.10 Å². The molecule has 56 valence electrons. The Labute approximate surface area is 64.6 Å². The SMILES string of the molecule is C1=CC(n2cccn2)=CCO1.